The van der Waals surface area contributed by atoms with Crippen LogP contribution in [0.3, 0.4) is 0 Å². The van der Waals surface area contributed by atoms with Gasteiger partial charge in [0.25, 0.3) is 0 Å². The molecule has 0 aromatic heterocycles. The number of benzene rings is 2. The summed E-state index contributed by atoms with van der Waals surface area (Å²) in [6.45, 7) is 2.52. The SMILES string of the molecule is CCC[C@H](CC(=O)N1CCC(O)(C(=O)O)CC1)NC(=O)OCC1c2ccccc2-c2ccccc21. The maximum atomic E-state index is 12.8. The Kier molecular flexibility index (Phi) is 7.40. The number of nitrogens with zero attached hydrogens (tertiary/aromatic N) is 1. The summed E-state index contributed by atoms with van der Waals surface area (Å²) in [6, 6.07) is 15.9. The number of fused-ring (bicyclic) bond motifs is 3. The summed E-state index contributed by atoms with van der Waals surface area (Å²) >= 11 is 0. The van der Waals surface area contributed by atoms with Gasteiger partial charge in [0.05, 0.1) is 0 Å². The third-order valence-electron chi connectivity index (χ3n) is 7.07. The Balaban J connectivity index is 1.33. The van der Waals surface area contributed by atoms with Crippen LogP contribution in [0.25, 0.3) is 11.1 Å². The number of carboxylic acid groups (broad SMARTS) is 1. The Morgan fingerprint density at radius 2 is 1.63 bits per heavy atom. The molecule has 0 unspecified atom stereocenters. The van der Waals surface area contributed by atoms with Crippen LogP contribution in [0.2, 0.25) is 0 Å². The van der Waals surface area contributed by atoms with Crippen molar-refractivity contribution in [2.75, 3.05) is 19.7 Å². The van der Waals surface area contributed by atoms with Crippen molar-refractivity contribution in [1.29, 1.82) is 0 Å². The molecule has 186 valence electrons. The Morgan fingerprint density at radius 1 is 1.06 bits per heavy atom. The fourth-order valence-electron chi connectivity index (χ4n) is 5.06. The number of carbonyl (C=O) groups excluding carboxylic acids is 2. The molecule has 1 fully saturated rings. The number of likely N-dealkylation sites (tertiary alicyclic amines) is 1. The summed E-state index contributed by atoms with van der Waals surface area (Å²) in [5.41, 5.74) is 2.80. The summed E-state index contributed by atoms with van der Waals surface area (Å²) in [5, 5.41) is 22.1. The van der Waals surface area contributed by atoms with Gasteiger partial charge in [0.1, 0.15) is 6.61 Å². The molecule has 1 saturated heterocycles. The molecule has 4 rings (SSSR count). The van der Waals surface area contributed by atoms with Crippen LogP contribution in [0.5, 0.6) is 0 Å². The van der Waals surface area contributed by atoms with Crippen molar-refractivity contribution in [3.05, 3.63) is 59.7 Å². The standard InChI is InChI=1S/C27H32N2O6/c1-2-7-18(16-24(30)29-14-12-27(34,13-15-29)25(31)32)28-26(33)35-17-23-21-10-5-3-8-19(21)20-9-4-6-11-22(20)23/h3-6,8-11,18,23,34H,2,7,12-17H2,1H3,(H,28,33)(H,31,32)/t18-/m1/s1. The molecule has 0 bridgehead atoms. The Labute approximate surface area is 204 Å². The van der Waals surface area contributed by atoms with Gasteiger partial charge in [-0.25, -0.2) is 9.59 Å². The highest BCUT2D eigenvalue weighted by Crippen LogP contribution is 2.44. The summed E-state index contributed by atoms with van der Waals surface area (Å²) < 4.78 is 5.62. The maximum absolute atomic E-state index is 12.8. The van der Waals surface area contributed by atoms with Crippen molar-refractivity contribution < 1.29 is 29.3 Å². The number of hydrogen-bond donors (Lipinski definition) is 3. The van der Waals surface area contributed by atoms with Crippen LogP contribution in [0.15, 0.2) is 48.5 Å². The second kappa shape index (κ2) is 10.5. The highest BCUT2D eigenvalue weighted by molar-refractivity contribution is 5.81. The fourth-order valence-corrected chi connectivity index (χ4v) is 5.06. The van der Waals surface area contributed by atoms with Gasteiger partial charge in [0.2, 0.25) is 5.91 Å². The van der Waals surface area contributed by atoms with E-state index < -0.39 is 17.7 Å². The number of ether oxygens (including phenoxy) is 1. The second-order valence-electron chi connectivity index (χ2n) is 9.38. The molecule has 2 aromatic rings. The van der Waals surface area contributed by atoms with Crippen molar-refractivity contribution in [3.8, 4) is 11.1 Å². The lowest BCUT2D eigenvalue weighted by Crippen LogP contribution is -2.51. The lowest BCUT2D eigenvalue weighted by molar-refractivity contribution is -0.165. The number of hydrogen-bond acceptors (Lipinski definition) is 5. The highest BCUT2D eigenvalue weighted by Gasteiger charge is 2.40. The first-order chi connectivity index (χ1) is 16.8. The molecule has 3 N–H and O–H groups in total. The molecule has 1 aliphatic carbocycles. The quantitative estimate of drug-likeness (QED) is 0.532. The summed E-state index contributed by atoms with van der Waals surface area (Å²) in [7, 11) is 0. The van der Waals surface area contributed by atoms with E-state index in [2.05, 4.69) is 29.6 Å². The van der Waals surface area contributed by atoms with Crippen molar-refractivity contribution in [1.82, 2.24) is 10.2 Å². The van der Waals surface area contributed by atoms with Crippen LogP contribution in [0, 0.1) is 0 Å². The summed E-state index contributed by atoms with van der Waals surface area (Å²) in [6.07, 6.45) is 0.919. The van der Waals surface area contributed by atoms with Gasteiger partial charge in [-0.05, 0) is 28.7 Å². The van der Waals surface area contributed by atoms with Gasteiger partial charge in [-0.1, -0.05) is 61.9 Å². The minimum absolute atomic E-state index is 0.00761. The molecule has 0 radical (unpaired) electrons. The molecular formula is C27H32N2O6. The number of aliphatic carboxylic acids is 1. The van der Waals surface area contributed by atoms with E-state index in [0.717, 1.165) is 28.7 Å². The zero-order valence-corrected chi connectivity index (χ0v) is 19.9. The number of carbonyl (C=O) groups is 3. The first kappa shape index (κ1) is 24.7. The van der Waals surface area contributed by atoms with E-state index in [1.165, 1.54) is 0 Å². The number of carboxylic acids is 1. The predicted molar refractivity (Wildman–Crippen MR) is 130 cm³/mol. The topological polar surface area (TPSA) is 116 Å². The van der Waals surface area contributed by atoms with Crippen LogP contribution in [-0.2, 0) is 14.3 Å². The molecule has 1 heterocycles. The zero-order valence-electron chi connectivity index (χ0n) is 19.9. The molecule has 2 aromatic carbocycles. The smallest absolute Gasteiger partial charge is 0.407 e. The van der Waals surface area contributed by atoms with Crippen molar-refractivity contribution in [2.45, 2.75) is 56.6 Å². The van der Waals surface area contributed by atoms with Crippen LogP contribution < -0.4 is 5.32 Å². The molecule has 1 atom stereocenters. The van der Waals surface area contributed by atoms with Crippen LogP contribution in [0.4, 0.5) is 4.79 Å². The molecule has 8 nitrogen and oxygen atoms in total. The van der Waals surface area contributed by atoms with Gasteiger partial charge in [0, 0.05) is 44.3 Å². The molecular weight excluding hydrogens is 448 g/mol. The normalized spacial score (nSPS) is 17.3. The van der Waals surface area contributed by atoms with E-state index >= 15 is 0 Å². The summed E-state index contributed by atoms with van der Waals surface area (Å²) in [4.78, 5) is 38.2. The van der Waals surface area contributed by atoms with Crippen LogP contribution >= 0.6 is 0 Å². The third kappa shape index (κ3) is 5.32. The fraction of sp³-hybridized carbons (Fsp3) is 0.444. The van der Waals surface area contributed by atoms with E-state index in [1.54, 1.807) is 4.90 Å². The van der Waals surface area contributed by atoms with Gasteiger partial charge in [-0.3, -0.25) is 4.79 Å². The second-order valence-corrected chi connectivity index (χ2v) is 9.38. The number of aliphatic hydroxyl groups is 1. The highest BCUT2D eigenvalue weighted by atomic mass is 16.5. The van der Waals surface area contributed by atoms with E-state index in [-0.39, 0.29) is 56.8 Å². The van der Waals surface area contributed by atoms with Gasteiger partial charge in [0.15, 0.2) is 5.60 Å². The molecule has 35 heavy (non-hydrogen) atoms. The first-order valence-corrected chi connectivity index (χ1v) is 12.2. The molecule has 0 spiro atoms. The number of alkyl carbamates (subject to hydrolysis) is 1. The monoisotopic (exact) mass is 480 g/mol. The minimum atomic E-state index is -1.78. The predicted octanol–water partition coefficient (Wildman–Crippen LogP) is 3.52. The summed E-state index contributed by atoms with van der Waals surface area (Å²) in [5.74, 6) is -1.47. The van der Waals surface area contributed by atoms with Crippen molar-refractivity contribution >= 4 is 18.0 Å². The molecule has 2 amide bonds. The van der Waals surface area contributed by atoms with Gasteiger partial charge in [-0.15, -0.1) is 0 Å². The van der Waals surface area contributed by atoms with E-state index in [9.17, 15) is 19.5 Å². The largest absolute Gasteiger partial charge is 0.479 e. The van der Waals surface area contributed by atoms with Crippen molar-refractivity contribution in [3.63, 3.8) is 0 Å². The number of nitrogens with one attached hydrogen (secondary N) is 1. The van der Waals surface area contributed by atoms with E-state index in [0.29, 0.717) is 6.42 Å². The van der Waals surface area contributed by atoms with Gasteiger partial charge < -0.3 is 25.2 Å². The van der Waals surface area contributed by atoms with Gasteiger partial charge >= 0.3 is 12.1 Å². The Bertz CT molecular complexity index is 1050. The number of rotatable bonds is 8. The molecule has 2 aliphatic rings. The van der Waals surface area contributed by atoms with E-state index in [1.807, 2.05) is 31.2 Å². The molecule has 0 saturated carbocycles. The third-order valence-corrected chi connectivity index (χ3v) is 7.07. The average molecular weight is 481 g/mol. The van der Waals surface area contributed by atoms with Crippen molar-refractivity contribution in [2.24, 2.45) is 0 Å². The molecule has 1 aliphatic heterocycles. The Hall–Kier alpha value is -3.39. The maximum Gasteiger partial charge on any atom is 0.407 e. The Morgan fingerprint density at radius 3 is 2.17 bits per heavy atom. The number of amides is 2. The zero-order chi connectivity index (χ0) is 25.0. The molecule has 8 heteroatoms. The lowest BCUT2D eigenvalue weighted by Gasteiger charge is -2.36. The number of piperidine rings is 1. The van der Waals surface area contributed by atoms with Crippen LogP contribution in [0.1, 0.15) is 56.1 Å². The average Bonchev–Trinajstić information content (AvgIpc) is 3.17. The van der Waals surface area contributed by atoms with Gasteiger partial charge in [-0.2, -0.15) is 0 Å². The lowest BCUT2D eigenvalue weighted by atomic mass is 9.91. The van der Waals surface area contributed by atoms with E-state index in [4.69, 9.17) is 9.84 Å². The first-order valence-electron chi connectivity index (χ1n) is 12.2. The van der Waals surface area contributed by atoms with Crippen LogP contribution in [-0.4, -0.2) is 64.4 Å². The minimum Gasteiger partial charge on any atom is -0.479 e.